The fourth-order valence-electron chi connectivity index (χ4n) is 2.14. The minimum Gasteiger partial charge on any atom is -0.493 e. The Labute approximate surface area is 121 Å². The molecule has 20 heavy (non-hydrogen) atoms. The molecule has 3 N–H and O–H groups in total. The summed E-state index contributed by atoms with van der Waals surface area (Å²) < 4.78 is 16.2. The van der Waals surface area contributed by atoms with Gasteiger partial charge in [-0.15, -0.1) is 0 Å². The predicted octanol–water partition coefficient (Wildman–Crippen LogP) is 2.10. The second kappa shape index (κ2) is 7.97. The van der Waals surface area contributed by atoms with Gasteiger partial charge < -0.3 is 25.3 Å². The van der Waals surface area contributed by atoms with E-state index in [1.165, 1.54) is 0 Å². The monoisotopic (exact) mass is 282 g/mol. The lowest BCUT2D eigenvalue weighted by Gasteiger charge is -2.25. The quantitative estimate of drug-likeness (QED) is 0.764. The SMILES string of the molecule is CCC(C)NC(CN)c1ccc(OC)c(OC)c1OC. The van der Waals surface area contributed by atoms with Crippen molar-refractivity contribution in [3.8, 4) is 17.2 Å². The van der Waals surface area contributed by atoms with Gasteiger partial charge >= 0.3 is 0 Å². The summed E-state index contributed by atoms with van der Waals surface area (Å²) in [4.78, 5) is 0. The van der Waals surface area contributed by atoms with Gasteiger partial charge in [-0.1, -0.05) is 6.92 Å². The number of nitrogens with one attached hydrogen (secondary N) is 1. The van der Waals surface area contributed by atoms with Crippen LogP contribution in [0.15, 0.2) is 12.1 Å². The molecular weight excluding hydrogens is 256 g/mol. The number of ether oxygens (including phenoxy) is 3. The minimum absolute atomic E-state index is 0.0136. The highest BCUT2D eigenvalue weighted by Crippen LogP contribution is 2.41. The van der Waals surface area contributed by atoms with E-state index in [9.17, 15) is 0 Å². The van der Waals surface area contributed by atoms with Crippen LogP contribution >= 0.6 is 0 Å². The van der Waals surface area contributed by atoms with E-state index in [4.69, 9.17) is 19.9 Å². The fraction of sp³-hybridized carbons (Fsp3) is 0.600. The maximum Gasteiger partial charge on any atom is 0.203 e. The van der Waals surface area contributed by atoms with E-state index >= 15 is 0 Å². The van der Waals surface area contributed by atoms with E-state index in [0.29, 0.717) is 29.8 Å². The number of nitrogens with two attached hydrogens (primary N) is 1. The van der Waals surface area contributed by atoms with Crippen LogP contribution in [-0.4, -0.2) is 33.9 Å². The molecule has 0 aromatic heterocycles. The van der Waals surface area contributed by atoms with Gasteiger partial charge in [0.05, 0.1) is 21.3 Å². The summed E-state index contributed by atoms with van der Waals surface area (Å²) in [7, 11) is 4.83. The van der Waals surface area contributed by atoms with Crippen molar-refractivity contribution in [1.82, 2.24) is 5.32 Å². The molecule has 0 heterocycles. The molecule has 0 amide bonds. The van der Waals surface area contributed by atoms with Crippen LogP contribution in [0, 0.1) is 0 Å². The zero-order chi connectivity index (χ0) is 15.1. The van der Waals surface area contributed by atoms with E-state index < -0.39 is 0 Å². The van der Waals surface area contributed by atoms with Crippen molar-refractivity contribution in [2.75, 3.05) is 27.9 Å². The van der Waals surface area contributed by atoms with Crippen molar-refractivity contribution in [1.29, 1.82) is 0 Å². The Kier molecular flexibility index (Phi) is 6.61. The van der Waals surface area contributed by atoms with Gasteiger partial charge in [0.1, 0.15) is 0 Å². The molecule has 0 bridgehead atoms. The molecule has 1 aromatic carbocycles. The third-order valence-corrected chi connectivity index (χ3v) is 3.44. The first kappa shape index (κ1) is 16.6. The molecule has 0 aliphatic heterocycles. The maximum absolute atomic E-state index is 5.90. The molecule has 0 spiro atoms. The van der Waals surface area contributed by atoms with E-state index in [1.54, 1.807) is 21.3 Å². The largest absolute Gasteiger partial charge is 0.493 e. The molecule has 5 nitrogen and oxygen atoms in total. The predicted molar refractivity (Wildman–Crippen MR) is 80.8 cm³/mol. The normalized spacial score (nSPS) is 13.7. The number of methoxy groups -OCH3 is 3. The molecule has 114 valence electrons. The van der Waals surface area contributed by atoms with Crippen LogP contribution in [-0.2, 0) is 0 Å². The zero-order valence-corrected chi connectivity index (χ0v) is 13.0. The lowest BCUT2D eigenvalue weighted by Crippen LogP contribution is -2.34. The molecule has 0 saturated carbocycles. The molecule has 0 aliphatic carbocycles. The fourth-order valence-corrected chi connectivity index (χ4v) is 2.14. The van der Waals surface area contributed by atoms with E-state index in [0.717, 1.165) is 12.0 Å². The molecule has 0 saturated heterocycles. The lowest BCUT2D eigenvalue weighted by atomic mass is 10.0. The molecular formula is C15H26N2O3. The first-order valence-electron chi connectivity index (χ1n) is 6.87. The molecule has 2 unspecified atom stereocenters. The average Bonchev–Trinajstić information content (AvgIpc) is 2.50. The van der Waals surface area contributed by atoms with Crippen LogP contribution in [0.25, 0.3) is 0 Å². The summed E-state index contributed by atoms with van der Waals surface area (Å²) in [5, 5.41) is 3.49. The zero-order valence-electron chi connectivity index (χ0n) is 13.0. The first-order valence-corrected chi connectivity index (χ1v) is 6.87. The van der Waals surface area contributed by atoms with Crippen molar-refractivity contribution < 1.29 is 14.2 Å². The second-order valence-corrected chi connectivity index (χ2v) is 4.69. The third kappa shape index (κ3) is 3.55. The summed E-state index contributed by atoms with van der Waals surface area (Å²) >= 11 is 0. The van der Waals surface area contributed by atoms with Gasteiger partial charge in [-0.2, -0.15) is 0 Å². The average molecular weight is 282 g/mol. The summed E-state index contributed by atoms with van der Waals surface area (Å²) in [5.41, 5.74) is 6.88. The van der Waals surface area contributed by atoms with Crippen LogP contribution in [0.5, 0.6) is 17.2 Å². The number of hydrogen-bond acceptors (Lipinski definition) is 5. The third-order valence-electron chi connectivity index (χ3n) is 3.44. The van der Waals surface area contributed by atoms with Gasteiger partial charge in [0.15, 0.2) is 11.5 Å². The topological polar surface area (TPSA) is 65.7 Å². The van der Waals surface area contributed by atoms with Crippen LogP contribution in [0.3, 0.4) is 0 Å². The Morgan fingerprint density at radius 3 is 2.20 bits per heavy atom. The highest BCUT2D eigenvalue weighted by molar-refractivity contribution is 5.56. The summed E-state index contributed by atoms with van der Waals surface area (Å²) in [6.45, 7) is 4.75. The van der Waals surface area contributed by atoms with Crippen molar-refractivity contribution in [2.45, 2.75) is 32.4 Å². The van der Waals surface area contributed by atoms with Gasteiger partial charge in [-0.05, 0) is 25.5 Å². The smallest absolute Gasteiger partial charge is 0.203 e. The molecule has 0 aliphatic rings. The Hall–Kier alpha value is -1.46. The van der Waals surface area contributed by atoms with Crippen molar-refractivity contribution in [3.05, 3.63) is 17.7 Å². The van der Waals surface area contributed by atoms with Crippen LogP contribution in [0.4, 0.5) is 0 Å². The van der Waals surface area contributed by atoms with Crippen LogP contribution in [0.1, 0.15) is 31.9 Å². The molecule has 0 radical (unpaired) electrons. The van der Waals surface area contributed by atoms with Crippen LogP contribution < -0.4 is 25.3 Å². The standard InChI is InChI=1S/C15H26N2O3/c1-6-10(2)17-12(9-16)11-7-8-13(18-3)15(20-5)14(11)19-4/h7-8,10,12,17H,6,9,16H2,1-5H3. The van der Waals surface area contributed by atoms with E-state index in [1.807, 2.05) is 12.1 Å². The van der Waals surface area contributed by atoms with Crippen molar-refractivity contribution in [3.63, 3.8) is 0 Å². The van der Waals surface area contributed by atoms with Gasteiger partial charge in [0, 0.05) is 24.2 Å². The maximum atomic E-state index is 5.90. The first-order chi connectivity index (χ1) is 9.62. The number of rotatable bonds is 8. The van der Waals surface area contributed by atoms with Gasteiger partial charge in [-0.25, -0.2) is 0 Å². The summed E-state index contributed by atoms with van der Waals surface area (Å²) in [6.07, 6.45) is 1.03. The minimum atomic E-state index is 0.0136. The Balaban J connectivity index is 3.21. The van der Waals surface area contributed by atoms with Gasteiger partial charge in [0.25, 0.3) is 0 Å². The van der Waals surface area contributed by atoms with Crippen LogP contribution in [0.2, 0.25) is 0 Å². The second-order valence-electron chi connectivity index (χ2n) is 4.69. The van der Waals surface area contributed by atoms with Gasteiger partial charge in [-0.3, -0.25) is 0 Å². The Morgan fingerprint density at radius 2 is 1.75 bits per heavy atom. The van der Waals surface area contributed by atoms with Crippen molar-refractivity contribution >= 4 is 0 Å². The number of benzene rings is 1. The molecule has 0 fully saturated rings. The highest BCUT2D eigenvalue weighted by atomic mass is 16.5. The summed E-state index contributed by atoms with van der Waals surface area (Å²) in [6, 6.07) is 4.23. The summed E-state index contributed by atoms with van der Waals surface area (Å²) in [5.74, 6) is 1.91. The molecule has 2 atom stereocenters. The lowest BCUT2D eigenvalue weighted by molar-refractivity contribution is 0.317. The highest BCUT2D eigenvalue weighted by Gasteiger charge is 2.22. The Bertz CT molecular complexity index is 424. The van der Waals surface area contributed by atoms with Gasteiger partial charge in [0.2, 0.25) is 5.75 Å². The number of hydrogen-bond donors (Lipinski definition) is 2. The molecule has 5 heteroatoms. The molecule has 1 aromatic rings. The van der Waals surface area contributed by atoms with Crippen molar-refractivity contribution in [2.24, 2.45) is 5.73 Å². The molecule has 1 rings (SSSR count). The van der Waals surface area contributed by atoms with E-state index in [2.05, 4.69) is 19.2 Å². The Morgan fingerprint density at radius 1 is 1.10 bits per heavy atom. The van der Waals surface area contributed by atoms with E-state index in [-0.39, 0.29) is 6.04 Å².